The van der Waals surface area contributed by atoms with Gasteiger partial charge in [0.25, 0.3) is 5.91 Å². The Kier molecular flexibility index (Phi) is 3.49. The van der Waals surface area contributed by atoms with E-state index in [1.165, 1.54) is 0 Å². The summed E-state index contributed by atoms with van der Waals surface area (Å²) in [5.41, 5.74) is 0.0880. The molecule has 0 radical (unpaired) electrons. The number of carbonyl (C=O) groups is 1. The lowest BCUT2D eigenvalue weighted by Crippen LogP contribution is -2.47. The maximum atomic E-state index is 12.2. The topological polar surface area (TPSA) is 87.2 Å². The van der Waals surface area contributed by atoms with Gasteiger partial charge in [-0.25, -0.2) is 0 Å². The lowest BCUT2D eigenvalue weighted by atomic mass is 9.93. The first-order chi connectivity index (χ1) is 9.58. The minimum absolute atomic E-state index is 0.316. The number of nitrogens with one attached hydrogen (secondary N) is 2. The Hall–Kier alpha value is -1.44. The van der Waals surface area contributed by atoms with Crippen LogP contribution in [0.3, 0.4) is 0 Å². The number of carbonyl (C=O) groups excluding carboxylic acids is 1. The summed E-state index contributed by atoms with van der Waals surface area (Å²) in [4.78, 5) is 12.2. The van der Waals surface area contributed by atoms with Crippen LogP contribution in [-0.4, -0.2) is 40.0 Å². The number of fused-ring (bicyclic) bond motifs is 1. The maximum absolute atomic E-state index is 12.2. The van der Waals surface area contributed by atoms with E-state index in [9.17, 15) is 9.90 Å². The second-order valence-electron chi connectivity index (χ2n) is 4.87. The van der Waals surface area contributed by atoms with Crippen molar-refractivity contribution in [1.82, 2.24) is 10.2 Å². The number of aromatic amines is 1. The van der Waals surface area contributed by atoms with Gasteiger partial charge in [-0.05, 0) is 34.1 Å². The van der Waals surface area contributed by atoms with Crippen molar-refractivity contribution in [3.8, 4) is 0 Å². The minimum Gasteiger partial charge on any atom is -0.381 e. The number of halogens is 1. The van der Waals surface area contributed by atoms with E-state index < -0.39 is 5.60 Å². The lowest BCUT2D eigenvalue weighted by Gasteiger charge is -2.30. The van der Waals surface area contributed by atoms with E-state index in [1.54, 1.807) is 12.1 Å². The molecule has 1 aromatic heterocycles. The number of nitrogens with zero attached hydrogens (tertiary/aromatic N) is 1. The van der Waals surface area contributed by atoms with Gasteiger partial charge in [0.1, 0.15) is 10.2 Å². The number of aromatic nitrogens is 2. The lowest BCUT2D eigenvalue weighted by molar-refractivity contribution is -0.143. The predicted octanol–water partition coefficient (Wildman–Crippen LogP) is 1.81. The molecule has 1 saturated heterocycles. The third-order valence-electron chi connectivity index (χ3n) is 3.51. The van der Waals surface area contributed by atoms with Crippen molar-refractivity contribution < 1.29 is 14.6 Å². The number of hydrogen-bond acceptors (Lipinski definition) is 4. The second kappa shape index (κ2) is 5.16. The standard InChI is InChI=1S/C13H14BrN3O3/c14-11-9-7-8(1-2-10(9)16-17-11)15-12(18)13(19)3-5-20-6-4-13/h1-2,7,19H,3-6H2,(H,15,18)(H,16,17). The van der Waals surface area contributed by atoms with Crippen LogP contribution in [0.4, 0.5) is 5.69 Å². The zero-order valence-corrected chi connectivity index (χ0v) is 12.2. The van der Waals surface area contributed by atoms with Crippen LogP contribution in [-0.2, 0) is 9.53 Å². The van der Waals surface area contributed by atoms with Gasteiger partial charge < -0.3 is 15.2 Å². The molecule has 2 heterocycles. The Bertz CT molecular complexity index is 649. The van der Waals surface area contributed by atoms with E-state index in [-0.39, 0.29) is 5.91 Å². The number of aliphatic hydroxyl groups is 1. The van der Waals surface area contributed by atoms with Gasteiger partial charge >= 0.3 is 0 Å². The van der Waals surface area contributed by atoms with Crippen molar-refractivity contribution >= 4 is 38.4 Å². The summed E-state index contributed by atoms with van der Waals surface area (Å²) >= 11 is 3.36. The molecule has 6 nitrogen and oxygen atoms in total. The average molecular weight is 340 g/mol. The molecule has 3 N–H and O–H groups in total. The Balaban J connectivity index is 1.81. The molecule has 1 amide bonds. The van der Waals surface area contributed by atoms with Gasteiger partial charge in [-0.3, -0.25) is 9.89 Å². The number of H-pyrrole nitrogens is 1. The van der Waals surface area contributed by atoms with Gasteiger partial charge in [0.05, 0.1) is 5.52 Å². The summed E-state index contributed by atoms with van der Waals surface area (Å²) in [5, 5.41) is 20.8. The number of amides is 1. The van der Waals surface area contributed by atoms with Gasteiger partial charge in [-0.15, -0.1) is 0 Å². The van der Waals surface area contributed by atoms with E-state index in [0.29, 0.717) is 31.7 Å². The van der Waals surface area contributed by atoms with Crippen LogP contribution >= 0.6 is 15.9 Å². The number of hydrogen-bond donors (Lipinski definition) is 3. The molecule has 0 bridgehead atoms. The highest BCUT2D eigenvalue weighted by molar-refractivity contribution is 9.10. The predicted molar refractivity (Wildman–Crippen MR) is 77.4 cm³/mol. The first-order valence-electron chi connectivity index (χ1n) is 6.34. The summed E-state index contributed by atoms with van der Waals surface area (Å²) < 4.78 is 5.93. The first kappa shape index (κ1) is 13.5. The molecule has 0 aliphatic carbocycles. The van der Waals surface area contributed by atoms with E-state index in [2.05, 4.69) is 31.4 Å². The number of ether oxygens (including phenoxy) is 1. The third kappa shape index (κ3) is 2.44. The zero-order valence-electron chi connectivity index (χ0n) is 10.6. The molecule has 0 spiro atoms. The zero-order chi connectivity index (χ0) is 14.2. The molecule has 1 aliphatic rings. The molecule has 7 heteroatoms. The smallest absolute Gasteiger partial charge is 0.256 e. The summed E-state index contributed by atoms with van der Waals surface area (Å²) in [6.07, 6.45) is 0.632. The molecular weight excluding hydrogens is 326 g/mol. The number of rotatable bonds is 2. The molecule has 0 atom stereocenters. The molecule has 106 valence electrons. The average Bonchev–Trinajstić information content (AvgIpc) is 2.81. The van der Waals surface area contributed by atoms with Crippen LogP contribution in [0.5, 0.6) is 0 Å². The molecule has 1 aliphatic heterocycles. The molecular formula is C13H14BrN3O3. The highest BCUT2D eigenvalue weighted by Gasteiger charge is 2.37. The highest BCUT2D eigenvalue weighted by atomic mass is 79.9. The normalized spacial score (nSPS) is 18.1. The van der Waals surface area contributed by atoms with Crippen molar-refractivity contribution in [3.63, 3.8) is 0 Å². The fourth-order valence-electron chi connectivity index (χ4n) is 2.24. The van der Waals surface area contributed by atoms with Crippen LogP contribution in [0.15, 0.2) is 22.8 Å². The van der Waals surface area contributed by atoms with Crippen molar-refractivity contribution in [2.75, 3.05) is 18.5 Å². The van der Waals surface area contributed by atoms with Gasteiger partial charge in [0.2, 0.25) is 0 Å². The van der Waals surface area contributed by atoms with Crippen LogP contribution < -0.4 is 5.32 Å². The van der Waals surface area contributed by atoms with E-state index in [1.807, 2.05) is 6.07 Å². The molecule has 0 unspecified atom stereocenters. The fraction of sp³-hybridized carbons (Fsp3) is 0.385. The van der Waals surface area contributed by atoms with Crippen molar-refractivity contribution in [3.05, 3.63) is 22.8 Å². The monoisotopic (exact) mass is 339 g/mol. The Morgan fingerprint density at radius 2 is 2.20 bits per heavy atom. The van der Waals surface area contributed by atoms with Gasteiger partial charge in [0.15, 0.2) is 0 Å². The SMILES string of the molecule is O=C(Nc1ccc2n[nH]c(Br)c2c1)C1(O)CCOCC1. The Morgan fingerprint density at radius 3 is 2.95 bits per heavy atom. The molecule has 1 fully saturated rings. The molecule has 2 aromatic rings. The number of anilines is 1. The van der Waals surface area contributed by atoms with Gasteiger partial charge in [0, 0.05) is 37.1 Å². The van der Waals surface area contributed by atoms with Crippen LogP contribution in [0.1, 0.15) is 12.8 Å². The molecule has 0 saturated carbocycles. The summed E-state index contributed by atoms with van der Waals surface area (Å²) in [7, 11) is 0. The Morgan fingerprint density at radius 1 is 1.45 bits per heavy atom. The van der Waals surface area contributed by atoms with Crippen molar-refractivity contribution in [1.29, 1.82) is 0 Å². The van der Waals surface area contributed by atoms with Crippen LogP contribution in [0.2, 0.25) is 0 Å². The van der Waals surface area contributed by atoms with Crippen molar-refractivity contribution in [2.24, 2.45) is 0 Å². The minimum atomic E-state index is -1.35. The molecule has 20 heavy (non-hydrogen) atoms. The second-order valence-corrected chi connectivity index (χ2v) is 5.66. The largest absolute Gasteiger partial charge is 0.381 e. The van der Waals surface area contributed by atoms with Gasteiger partial charge in [-0.1, -0.05) is 0 Å². The summed E-state index contributed by atoms with van der Waals surface area (Å²) in [5.74, 6) is -0.389. The maximum Gasteiger partial charge on any atom is 0.256 e. The van der Waals surface area contributed by atoms with E-state index >= 15 is 0 Å². The Labute approximate surface area is 123 Å². The molecule has 1 aromatic carbocycles. The number of benzene rings is 1. The summed E-state index contributed by atoms with van der Waals surface area (Å²) in [6.45, 7) is 0.798. The van der Waals surface area contributed by atoms with E-state index in [4.69, 9.17) is 4.74 Å². The van der Waals surface area contributed by atoms with Crippen LogP contribution in [0.25, 0.3) is 10.9 Å². The van der Waals surface area contributed by atoms with Gasteiger partial charge in [-0.2, -0.15) is 5.10 Å². The van der Waals surface area contributed by atoms with Crippen molar-refractivity contribution in [2.45, 2.75) is 18.4 Å². The summed E-state index contributed by atoms with van der Waals surface area (Å²) in [6, 6.07) is 5.37. The van der Waals surface area contributed by atoms with Crippen LogP contribution in [0, 0.1) is 0 Å². The van der Waals surface area contributed by atoms with E-state index in [0.717, 1.165) is 15.5 Å². The highest BCUT2D eigenvalue weighted by Crippen LogP contribution is 2.26. The first-order valence-corrected chi connectivity index (χ1v) is 7.13. The fourth-order valence-corrected chi connectivity index (χ4v) is 2.65. The third-order valence-corrected chi connectivity index (χ3v) is 4.11. The quantitative estimate of drug-likeness (QED) is 0.778. The molecule has 3 rings (SSSR count).